The van der Waals surface area contributed by atoms with Gasteiger partial charge in [-0.1, -0.05) is 30.3 Å². The average molecular weight is 474 g/mol. The molecular weight excluding hydrogens is 448 g/mol. The summed E-state index contributed by atoms with van der Waals surface area (Å²) in [7, 11) is 0. The van der Waals surface area contributed by atoms with Crippen LogP contribution in [0.15, 0.2) is 77.5 Å². The van der Waals surface area contributed by atoms with E-state index < -0.39 is 0 Å². The number of halogens is 2. The molecule has 5 rings (SSSR count). The van der Waals surface area contributed by atoms with E-state index in [1.165, 1.54) is 18.2 Å². The van der Waals surface area contributed by atoms with Gasteiger partial charge in [0.2, 0.25) is 0 Å². The minimum absolute atomic E-state index is 0.00208. The molecule has 1 amide bonds. The quantitative estimate of drug-likeness (QED) is 0.369. The Labute approximate surface area is 202 Å². The highest BCUT2D eigenvalue weighted by Crippen LogP contribution is 2.28. The van der Waals surface area contributed by atoms with Crippen LogP contribution in [-0.2, 0) is 12.8 Å². The molecule has 7 heteroatoms. The van der Waals surface area contributed by atoms with Crippen molar-refractivity contribution in [3.05, 3.63) is 119 Å². The molecule has 0 bridgehead atoms. The van der Waals surface area contributed by atoms with Crippen LogP contribution >= 0.6 is 0 Å². The SMILES string of the molecule is O=C(c1ccc(Cc2ccccc2F)nc1)N1CCCC(c2ncc(Cc3cccc(F)c3)o2)C1. The van der Waals surface area contributed by atoms with Crippen molar-refractivity contribution in [1.82, 2.24) is 14.9 Å². The molecule has 2 aromatic carbocycles. The number of carbonyl (C=O) groups excluding carboxylic acids is 1. The minimum atomic E-state index is -0.279. The monoisotopic (exact) mass is 473 g/mol. The Hall–Kier alpha value is -3.87. The number of aromatic nitrogens is 2. The van der Waals surface area contributed by atoms with Gasteiger partial charge in [0.25, 0.3) is 5.91 Å². The first-order chi connectivity index (χ1) is 17.0. The number of oxazole rings is 1. The number of benzene rings is 2. The molecule has 35 heavy (non-hydrogen) atoms. The van der Waals surface area contributed by atoms with Crippen LogP contribution in [-0.4, -0.2) is 33.9 Å². The van der Waals surface area contributed by atoms with E-state index in [-0.39, 0.29) is 23.5 Å². The lowest BCUT2D eigenvalue weighted by atomic mass is 9.97. The minimum Gasteiger partial charge on any atom is -0.445 e. The number of hydrogen-bond acceptors (Lipinski definition) is 4. The van der Waals surface area contributed by atoms with E-state index >= 15 is 0 Å². The highest BCUT2D eigenvalue weighted by Gasteiger charge is 2.28. The first-order valence-corrected chi connectivity index (χ1v) is 11.7. The Morgan fingerprint density at radius 2 is 1.89 bits per heavy atom. The molecule has 5 nitrogen and oxygen atoms in total. The summed E-state index contributed by atoms with van der Waals surface area (Å²) < 4.78 is 33.3. The van der Waals surface area contributed by atoms with E-state index in [2.05, 4.69) is 9.97 Å². The van der Waals surface area contributed by atoms with Gasteiger partial charge in [-0.2, -0.15) is 0 Å². The molecule has 0 saturated carbocycles. The van der Waals surface area contributed by atoms with E-state index in [9.17, 15) is 13.6 Å². The van der Waals surface area contributed by atoms with Gasteiger partial charge in [0, 0.05) is 37.8 Å². The Morgan fingerprint density at radius 1 is 1.00 bits per heavy atom. The second-order valence-corrected chi connectivity index (χ2v) is 8.87. The number of pyridine rings is 1. The van der Waals surface area contributed by atoms with Crippen LogP contribution < -0.4 is 0 Å². The average Bonchev–Trinajstić information content (AvgIpc) is 3.34. The number of piperidine rings is 1. The summed E-state index contributed by atoms with van der Waals surface area (Å²) in [4.78, 5) is 23.7. The van der Waals surface area contributed by atoms with Crippen LogP contribution in [0.25, 0.3) is 0 Å². The molecule has 0 spiro atoms. The molecule has 1 aliphatic rings. The van der Waals surface area contributed by atoms with Gasteiger partial charge in [-0.25, -0.2) is 13.8 Å². The Morgan fingerprint density at radius 3 is 2.69 bits per heavy atom. The van der Waals surface area contributed by atoms with E-state index in [0.717, 1.165) is 18.4 Å². The zero-order chi connectivity index (χ0) is 24.2. The summed E-state index contributed by atoms with van der Waals surface area (Å²) in [5, 5.41) is 0. The molecule has 1 unspecified atom stereocenters. The van der Waals surface area contributed by atoms with Crippen molar-refractivity contribution in [2.24, 2.45) is 0 Å². The largest absolute Gasteiger partial charge is 0.445 e. The molecule has 2 aromatic heterocycles. The van der Waals surface area contributed by atoms with Gasteiger partial charge < -0.3 is 9.32 Å². The summed E-state index contributed by atoms with van der Waals surface area (Å²) in [6.07, 6.45) is 5.80. The lowest BCUT2D eigenvalue weighted by Gasteiger charge is -2.31. The normalized spacial score (nSPS) is 15.8. The number of amides is 1. The van der Waals surface area contributed by atoms with Crippen molar-refractivity contribution in [2.45, 2.75) is 31.6 Å². The van der Waals surface area contributed by atoms with Crippen LogP contribution in [0.5, 0.6) is 0 Å². The highest BCUT2D eigenvalue weighted by molar-refractivity contribution is 5.94. The predicted octanol–water partition coefficient (Wildman–Crippen LogP) is 5.55. The van der Waals surface area contributed by atoms with Gasteiger partial charge in [-0.15, -0.1) is 0 Å². The van der Waals surface area contributed by atoms with Crippen molar-refractivity contribution >= 4 is 5.91 Å². The second-order valence-electron chi connectivity index (χ2n) is 8.87. The third-order valence-corrected chi connectivity index (χ3v) is 6.30. The molecule has 3 heterocycles. The molecule has 0 N–H and O–H groups in total. The Bertz CT molecular complexity index is 1320. The van der Waals surface area contributed by atoms with Gasteiger partial charge in [-0.05, 0) is 54.3 Å². The topological polar surface area (TPSA) is 59.2 Å². The maximum atomic E-state index is 13.9. The molecular formula is C28H25F2N3O2. The van der Waals surface area contributed by atoms with Crippen molar-refractivity contribution in [3.63, 3.8) is 0 Å². The van der Waals surface area contributed by atoms with Crippen molar-refractivity contribution in [2.75, 3.05) is 13.1 Å². The van der Waals surface area contributed by atoms with Crippen molar-refractivity contribution < 1.29 is 18.0 Å². The third kappa shape index (κ3) is 5.45. The summed E-state index contributed by atoms with van der Waals surface area (Å²) in [5.74, 6) is 0.641. The molecule has 1 saturated heterocycles. The Kier molecular flexibility index (Phi) is 6.66. The van der Waals surface area contributed by atoms with Crippen molar-refractivity contribution in [1.29, 1.82) is 0 Å². The van der Waals surface area contributed by atoms with E-state index in [1.807, 2.05) is 6.07 Å². The van der Waals surface area contributed by atoms with Crippen LogP contribution in [0.2, 0.25) is 0 Å². The standard InChI is InChI=1S/C28H25F2N3O2/c29-23-8-3-5-19(13-23)14-25-17-32-27(35-25)22-7-4-12-33(18-22)28(34)21-10-11-24(31-16-21)15-20-6-1-2-9-26(20)30/h1-3,5-6,8-11,13,16-17,22H,4,7,12,14-15,18H2. The number of hydrogen-bond donors (Lipinski definition) is 0. The summed E-state index contributed by atoms with van der Waals surface area (Å²) in [6.45, 7) is 1.17. The summed E-state index contributed by atoms with van der Waals surface area (Å²) in [5.41, 5.74) is 2.59. The van der Waals surface area contributed by atoms with Gasteiger partial charge in [0.05, 0.1) is 17.7 Å². The smallest absolute Gasteiger partial charge is 0.255 e. The van der Waals surface area contributed by atoms with E-state index in [0.29, 0.717) is 54.4 Å². The lowest BCUT2D eigenvalue weighted by Crippen LogP contribution is -2.39. The van der Waals surface area contributed by atoms with Crippen LogP contribution in [0.1, 0.15) is 57.6 Å². The lowest BCUT2D eigenvalue weighted by molar-refractivity contribution is 0.0697. The number of carbonyl (C=O) groups is 1. The fourth-order valence-electron chi connectivity index (χ4n) is 4.48. The molecule has 4 aromatic rings. The fourth-order valence-corrected chi connectivity index (χ4v) is 4.48. The zero-order valence-corrected chi connectivity index (χ0v) is 19.2. The summed E-state index contributed by atoms with van der Waals surface area (Å²) in [6, 6.07) is 16.5. The third-order valence-electron chi connectivity index (χ3n) is 6.30. The van der Waals surface area contributed by atoms with Gasteiger partial charge in [0.1, 0.15) is 17.4 Å². The maximum absolute atomic E-state index is 13.9. The number of likely N-dealkylation sites (tertiary alicyclic amines) is 1. The van der Waals surface area contributed by atoms with E-state index in [4.69, 9.17) is 4.42 Å². The predicted molar refractivity (Wildman–Crippen MR) is 127 cm³/mol. The zero-order valence-electron chi connectivity index (χ0n) is 19.2. The van der Waals surface area contributed by atoms with Gasteiger partial charge in [-0.3, -0.25) is 9.78 Å². The highest BCUT2D eigenvalue weighted by atomic mass is 19.1. The van der Waals surface area contributed by atoms with Crippen LogP contribution in [0.4, 0.5) is 8.78 Å². The first kappa shape index (κ1) is 22.9. The molecule has 1 aliphatic heterocycles. The fraction of sp³-hybridized carbons (Fsp3) is 0.250. The van der Waals surface area contributed by atoms with Crippen molar-refractivity contribution in [3.8, 4) is 0 Å². The first-order valence-electron chi connectivity index (χ1n) is 11.7. The van der Waals surface area contributed by atoms with E-state index in [1.54, 1.807) is 53.7 Å². The molecule has 1 fully saturated rings. The van der Waals surface area contributed by atoms with Crippen LogP contribution in [0, 0.1) is 11.6 Å². The molecule has 0 aliphatic carbocycles. The maximum Gasteiger partial charge on any atom is 0.255 e. The molecule has 178 valence electrons. The second kappa shape index (κ2) is 10.2. The molecule has 0 radical (unpaired) electrons. The molecule has 1 atom stereocenters. The van der Waals surface area contributed by atoms with Crippen LogP contribution in [0.3, 0.4) is 0 Å². The van der Waals surface area contributed by atoms with Gasteiger partial charge >= 0.3 is 0 Å². The Balaban J connectivity index is 1.22. The number of nitrogens with zero attached hydrogens (tertiary/aromatic N) is 3. The summed E-state index contributed by atoms with van der Waals surface area (Å²) >= 11 is 0. The van der Waals surface area contributed by atoms with Gasteiger partial charge in [0.15, 0.2) is 5.89 Å². The number of rotatable bonds is 6.